The van der Waals surface area contributed by atoms with Gasteiger partial charge in [-0.2, -0.15) is 13.6 Å². The van der Waals surface area contributed by atoms with E-state index in [4.69, 9.17) is 36.7 Å². The quantitative estimate of drug-likeness (QED) is 0.108. The molecule has 8 N–H and O–H groups in total. The van der Waals surface area contributed by atoms with Crippen molar-refractivity contribution in [2.45, 2.75) is 31.3 Å². The molecule has 17 nitrogen and oxygen atoms in total. The lowest BCUT2D eigenvalue weighted by molar-refractivity contribution is -0.0449. The van der Waals surface area contributed by atoms with Crippen LogP contribution in [0.1, 0.15) is 23.8 Å². The summed E-state index contributed by atoms with van der Waals surface area (Å²) in [6.07, 6.45) is 3.23. The molecule has 5 atom stereocenters. The molecule has 0 amide bonds. The summed E-state index contributed by atoms with van der Waals surface area (Å²) in [5.74, 6) is 2.47. The number of hydrogen-bond donors (Lipinski definition) is 7. The maximum atomic E-state index is 11.8. The molecule has 2 unspecified atom stereocenters. The van der Waals surface area contributed by atoms with Crippen molar-refractivity contribution in [1.82, 2.24) is 9.55 Å². The molecule has 2 aromatic rings. The minimum atomic E-state index is -5.65. The molecule has 1 aliphatic heterocycles. The van der Waals surface area contributed by atoms with Gasteiger partial charge in [0.25, 0.3) is 0 Å². The zero-order valence-corrected chi connectivity index (χ0v) is 23.6. The fourth-order valence-electron chi connectivity index (χ4n) is 3.14. The van der Waals surface area contributed by atoms with E-state index in [-0.39, 0.29) is 17.3 Å². The molecule has 0 bridgehead atoms. The van der Waals surface area contributed by atoms with Crippen molar-refractivity contribution in [1.29, 1.82) is 0 Å². The van der Waals surface area contributed by atoms with Gasteiger partial charge in [-0.1, -0.05) is 24.3 Å². The first-order valence-corrected chi connectivity index (χ1v) is 15.6. The zero-order chi connectivity index (χ0) is 30.3. The number of hydrogen-bond acceptors (Lipinski definition) is 12. The molecule has 0 radical (unpaired) electrons. The summed E-state index contributed by atoms with van der Waals surface area (Å²) in [7, 11) is -16.5. The summed E-state index contributed by atoms with van der Waals surface area (Å²) in [4.78, 5) is 50.5. The highest BCUT2D eigenvalue weighted by Gasteiger charge is 2.42. The van der Waals surface area contributed by atoms with Crippen molar-refractivity contribution < 1.29 is 61.4 Å². The van der Waals surface area contributed by atoms with Crippen LogP contribution in [0.5, 0.6) is 0 Å². The van der Waals surface area contributed by atoms with Crippen LogP contribution in [0.25, 0.3) is 0 Å². The van der Waals surface area contributed by atoms with Gasteiger partial charge in [0, 0.05) is 24.6 Å². The number of terminal acetylenes is 1. The van der Waals surface area contributed by atoms with Gasteiger partial charge >= 0.3 is 29.2 Å². The Morgan fingerprint density at radius 2 is 1.82 bits per heavy atom. The summed E-state index contributed by atoms with van der Waals surface area (Å²) in [6.45, 7) is -0.849. The largest absolute Gasteiger partial charge is 0.499 e. The second-order valence-corrected chi connectivity index (χ2v) is 12.5. The molecule has 2 heterocycles. The molecule has 220 valence electrons. The number of aromatic nitrogens is 2. The highest BCUT2D eigenvalue weighted by molar-refractivity contribution is 7.80. The molecule has 0 spiro atoms. The molecular weight excluding hydrogens is 619 g/mol. The Morgan fingerprint density at radius 1 is 1.18 bits per heavy atom. The van der Waals surface area contributed by atoms with Gasteiger partial charge in [0.1, 0.15) is 18.1 Å². The maximum Gasteiger partial charge on any atom is 0.490 e. The first-order chi connectivity index (χ1) is 18.4. The van der Waals surface area contributed by atoms with Gasteiger partial charge in [-0.15, -0.1) is 12.3 Å². The lowest BCUT2D eigenvalue weighted by Gasteiger charge is -2.19. The van der Waals surface area contributed by atoms with Crippen LogP contribution < -0.4 is 11.4 Å². The molecule has 21 heteroatoms. The predicted molar refractivity (Wildman–Crippen MR) is 141 cm³/mol. The monoisotopic (exact) mass is 643 g/mol. The second-order valence-electron chi connectivity index (χ2n) is 7.70. The first-order valence-electron chi connectivity index (χ1n) is 10.6. The van der Waals surface area contributed by atoms with Crippen LogP contribution in [0.2, 0.25) is 0 Å². The number of anilines is 1. The van der Waals surface area contributed by atoms with Crippen LogP contribution in [-0.2, 0) is 38.0 Å². The minimum Gasteiger partial charge on any atom is -0.499 e. The van der Waals surface area contributed by atoms with E-state index in [0.29, 0.717) is 12.0 Å². The lowest BCUT2D eigenvalue weighted by atomic mass is 10.1. The third-order valence-corrected chi connectivity index (χ3v) is 8.75. The fourth-order valence-corrected chi connectivity index (χ4v) is 6.37. The Bertz CT molecular complexity index is 1460. The molecule has 0 saturated carbocycles. The number of nitrogens with two attached hydrogens (primary N) is 1. The molecule has 1 aliphatic rings. The van der Waals surface area contributed by atoms with Crippen molar-refractivity contribution in [2.24, 2.45) is 0 Å². The van der Waals surface area contributed by atoms with E-state index in [1.165, 1.54) is 12.3 Å². The number of aliphatic hydroxyl groups is 2. The van der Waals surface area contributed by atoms with Crippen molar-refractivity contribution in [2.75, 3.05) is 12.3 Å². The number of phosphoric acid groups is 3. The van der Waals surface area contributed by atoms with Gasteiger partial charge in [0.05, 0.1) is 12.7 Å². The van der Waals surface area contributed by atoms with Crippen LogP contribution in [0.3, 0.4) is 0 Å². The summed E-state index contributed by atoms with van der Waals surface area (Å²) in [5.41, 5.74) is 6.14. The van der Waals surface area contributed by atoms with Crippen molar-refractivity contribution in [3.05, 3.63) is 58.1 Å². The summed E-state index contributed by atoms with van der Waals surface area (Å²) >= 11 is 4.65. The third-order valence-electron chi connectivity index (χ3n) is 4.72. The zero-order valence-electron chi connectivity index (χ0n) is 20.1. The Labute approximate surface area is 231 Å². The number of aliphatic hydroxyl groups excluding tert-OH is 2. The number of rotatable bonds is 10. The van der Waals surface area contributed by atoms with E-state index in [0.717, 1.165) is 10.1 Å². The predicted octanol–water partition coefficient (Wildman–Crippen LogP) is 0.913. The number of benzene rings is 1. The third kappa shape index (κ3) is 10.9. The highest BCUT2D eigenvalue weighted by atomic mass is 32.1. The maximum absolute atomic E-state index is 11.8. The number of ether oxygens (including phenoxy) is 1. The Morgan fingerprint density at radius 3 is 2.40 bits per heavy atom. The van der Waals surface area contributed by atoms with Crippen LogP contribution in [0, 0.1) is 12.3 Å². The van der Waals surface area contributed by atoms with Gasteiger partial charge < -0.3 is 40.3 Å². The summed E-state index contributed by atoms with van der Waals surface area (Å²) in [6, 6.07) is 8.61. The van der Waals surface area contributed by atoms with E-state index >= 15 is 0 Å². The number of phosphoric ester groups is 1. The topological polar surface area (TPSA) is 270 Å². The summed E-state index contributed by atoms with van der Waals surface area (Å²) < 4.78 is 51.2. The van der Waals surface area contributed by atoms with Crippen molar-refractivity contribution >= 4 is 46.6 Å². The normalized spacial score (nSPS) is 21.8. The molecule has 3 rings (SSSR count). The smallest absolute Gasteiger partial charge is 0.490 e. The van der Waals surface area contributed by atoms with Gasteiger partial charge in [0.15, 0.2) is 5.05 Å². The Kier molecular flexibility index (Phi) is 11.9. The average molecular weight is 643 g/mol. The molecule has 1 aromatic carbocycles. The van der Waals surface area contributed by atoms with Gasteiger partial charge in [-0.25, -0.2) is 18.5 Å². The fraction of sp³-hybridized carbons (Fsp3) is 0.316. The average Bonchev–Trinajstić information content (AvgIpc) is 3.16. The molecule has 0 aliphatic carbocycles. The second kappa shape index (κ2) is 14.0. The van der Waals surface area contributed by atoms with Crippen molar-refractivity contribution in [3.63, 3.8) is 0 Å². The molecular formula is C19H24N3O14P3S. The number of nitrogen functional groups attached to an aromatic ring is 1. The molecule has 40 heavy (non-hydrogen) atoms. The van der Waals surface area contributed by atoms with E-state index in [2.05, 4.69) is 36.3 Å². The molecule has 1 saturated heterocycles. The van der Waals surface area contributed by atoms with Gasteiger partial charge in [-0.05, 0) is 23.8 Å². The minimum absolute atomic E-state index is 0.0380. The first kappa shape index (κ1) is 33.9. The van der Waals surface area contributed by atoms with E-state index in [1.54, 1.807) is 6.07 Å². The highest BCUT2D eigenvalue weighted by Crippen LogP contribution is 2.66. The van der Waals surface area contributed by atoms with E-state index in [1.807, 2.05) is 18.2 Å². The van der Waals surface area contributed by atoms with Crippen LogP contribution in [0.4, 0.5) is 5.82 Å². The lowest BCUT2D eigenvalue weighted by Crippen LogP contribution is -2.28. The van der Waals surface area contributed by atoms with Gasteiger partial charge in [-0.3, -0.25) is 9.09 Å². The Balaban J connectivity index is 0.000000389. The molecule has 1 fully saturated rings. The van der Waals surface area contributed by atoms with Crippen LogP contribution in [-0.4, -0.2) is 63.2 Å². The van der Waals surface area contributed by atoms with Crippen LogP contribution in [0.15, 0.2) is 41.3 Å². The van der Waals surface area contributed by atoms with E-state index in [9.17, 15) is 28.5 Å². The van der Waals surface area contributed by atoms with Crippen LogP contribution >= 0.6 is 35.7 Å². The Hall–Kier alpha value is -2.32. The molecule has 1 aromatic heterocycles. The number of nitrogens with zero attached hydrogens (tertiary/aromatic N) is 2. The van der Waals surface area contributed by atoms with E-state index < -0.39 is 54.2 Å². The standard InChI is InChI=1S/C10H8OS.C9H16N3O13P3/c1-2-5-8-6-3-4-7-9(8)10(11)12;10-7-1-2-12(9(14)11-7)8-3-5(13)6(23-8)4-22-27(18,19)25-28(20,21)24-26(15,16)17/h1,3-4,6-7H,5H2,(H,11,12);1-2,5-6,8,13H,3-4H2,(H,18,19)(H,20,21)(H2,10,11,14)(H2,15,16,17)/t;5-,6+,8+/m.0/s1. The van der Waals surface area contributed by atoms with Crippen molar-refractivity contribution in [3.8, 4) is 12.3 Å². The summed E-state index contributed by atoms with van der Waals surface area (Å²) in [5, 5.41) is 18.9. The number of thiocarbonyl (C=S) groups is 1. The van der Waals surface area contributed by atoms with Gasteiger partial charge in [0.2, 0.25) is 0 Å². The SMILES string of the molecule is C#CCc1ccccc1C(O)=S.Nc1ccn([C@H]2C[C@H](O)[C@@H](COP(=O)(O)OP(=O)(O)OP(=O)(O)O)O2)c(=O)n1.